The summed E-state index contributed by atoms with van der Waals surface area (Å²) < 4.78 is 11.4. The fourth-order valence-electron chi connectivity index (χ4n) is 2.57. The number of carbonyl (C=O) groups is 1. The van der Waals surface area contributed by atoms with Gasteiger partial charge in [-0.05, 0) is 43.5 Å². The highest BCUT2D eigenvalue weighted by Crippen LogP contribution is 2.37. The fraction of sp³-hybridized carbons (Fsp3) is 0.381. The topological polar surface area (TPSA) is 47.6 Å². The number of nitrogens with one attached hydrogen (secondary N) is 1. The molecule has 0 saturated carbocycles. The number of halogens is 1. The average Bonchev–Trinajstić information content (AvgIpc) is 2.64. The molecule has 0 bridgehead atoms. The van der Waals surface area contributed by atoms with Crippen molar-refractivity contribution >= 4 is 23.2 Å². The van der Waals surface area contributed by atoms with Crippen LogP contribution < -0.4 is 14.8 Å². The van der Waals surface area contributed by atoms with Crippen molar-refractivity contribution in [2.45, 2.75) is 40.0 Å². The number of unbranched alkanes of at least 4 members (excludes halogenated alkanes) is 1. The maximum absolute atomic E-state index is 12.7. The molecule has 1 amide bonds. The van der Waals surface area contributed by atoms with Crippen molar-refractivity contribution in [3.8, 4) is 11.5 Å². The first-order chi connectivity index (χ1) is 12.6. The summed E-state index contributed by atoms with van der Waals surface area (Å²) in [6.07, 6.45) is 2.79. The molecular weight excluding hydrogens is 350 g/mol. The lowest BCUT2D eigenvalue weighted by Gasteiger charge is -2.15. The lowest BCUT2D eigenvalue weighted by atomic mass is 10.1. The van der Waals surface area contributed by atoms with Crippen LogP contribution in [-0.2, 0) is 6.42 Å². The minimum atomic E-state index is -0.228. The molecule has 0 saturated heterocycles. The van der Waals surface area contributed by atoms with Crippen LogP contribution in [-0.4, -0.2) is 19.1 Å². The van der Waals surface area contributed by atoms with Crippen molar-refractivity contribution in [3.63, 3.8) is 0 Å². The quantitative estimate of drug-likeness (QED) is 0.569. The van der Waals surface area contributed by atoms with Crippen LogP contribution in [0.25, 0.3) is 0 Å². The number of benzene rings is 2. The van der Waals surface area contributed by atoms with Gasteiger partial charge in [-0.15, -0.1) is 0 Å². The smallest absolute Gasteiger partial charge is 0.255 e. The first-order valence-corrected chi connectivity index (χ1v) is 9.46. The van der Waals surface area contributed by atoms with E-state index in [9.17, 15) is 4.79 Å². The molecule has 0 aliphatic carbocycles. The molecular formula is C21H26ClNO3. The highest BCUT2D eigenvalue weighted by Gasteiger charge is 2.17. The molecule has 0 atom stereocenters. The van der Waals surface area contributed by atoms with Crippen molar-refractivity contribution in [2.75, 3.05) is 18.5 Å². The first kappa shape index (κ1) is 20.1. The molecule has 1 N–H and O–H groups in total. The summed E-state index contributed by atoms with van der Waals surface area (Å²) in [7, 11) is 0. The van der Waals surface area contributed by atoms with Gasteiger partial charge in [0, 0.05) is 11.3 Å². The zero-order valence-electron chi connectivity index (χ0n) is 15.6. The fourth-order valence-corrected chi connectivity index (χ4v) is 2.83. The van der Waals surface area contributed by atoms with E-state index < -0.39 is 0 Å². The van der Waals surface area contributed by atoms with Crippen LogP contribution in [0, 0.1) is 0 Å². The second kappa shape index (κ2) is 10.1. The Morgan fingerprint density at radius 3 is 2.58 bits per heavy atom. The van der Waals surface area contributed by atoms with Crippen molar-refractivity contribution in [1.82, 2.24) is 0 Å². The zero-order valence-corrected chi connectivity index (χ0v) is 16.4. The van der Waals surface area contributed by atoms with Gasteiger partial charge >= 0.3 is 0 Å². The normalized spacial score (nSPS) is 10.5. The van der Waals surface area contributed by atoms with Crippen LogP contribution in [0.3, 0.4) is 0 Å². The Kier molecular flexibility index (Phi) is 7.79. The number of rotatable bonds is 9. The van der Waals surface area contributed by atoms with E-state index in [4.69, 9.17) is 21.1 Å². The molecule has 0 aromatic heterocycles. The molecule has 0 unspecified atom stereocenters. The lowest BCUT2D eigenvalue weighted by Crippen LogP contribution is -2.14. The summed E-state index contributed by atoms with van der Waals surface area (Å²) in [6.45, 7) is 7.05. The number of carbonyl (C=O) groups excluding carboxylic acids is 1. The van der Waals surface area contributed by atoms with Crippen LogP contribution in [0.15, 0.2) is 36.4 Å². The zero-order chi connectivity index (χ0) is 18.9. The second-order valence-electron chi connectivity index (χ2n) is 5.89. The van der Waals surface area contributed by atoms with Gasteiger partial charge in [0.1, 0.15) is 0 Å². The summed E-state index contributed by atoms with van der Waals surface area (Å²) in [6, 6.07) is 11.1. The summed E-state index contributed by atoms with van der Waals surface area (Å²) in [5.74, 6) is 0.756. The highest BCUT2D eigenvalue weighted by molar-refractivity contribution is 6.32. The van der Waals surface area contributed by atoms with Gasteiger partial charge in [0.2, 0.25) is 0 Å². The standard InChI is InChI=1S/C21H26ClNO3/c1-4-7-12-26-20-17(22)13-16(14-19(20)25-6-3)21(24)23-18-11-9-8-10-15(18)5-2/h8-11,13-14H,4-7,12H2,1-3H3,(H,23,24). The highest BCUT2D eigenvalue weighted by atomic mass is 35.5. The molecule has 4 nitrogen and oxygen atoms in total. The van der Waals surface area contributed by atoms with E-state index >= 15 is 0 Å². The van der Waals surface area contributed by atoms with E-state index in [2.05, 4.69) is 19.2 Å². The Balaban J connectivity index is 2.26. The molecule has 140 valence electrons. The third-order valence-corrected chi connectivity index (χ3v) is 4.24. The Hall–Kier alpha value is -2.20. The van der Waals surface area contributed by atoms with Gasteiger partial charge in [-0.3, -0.25) is 4.79 Å². The number of ether oxygens (including phenoxy) is 2. The van der Waals surface area contributed by atoms with Crippen LogP contribution in [0.1, 0.15) is 49.5 Å². The van der Waals surface area contributed by atoms with E-state index in [1.807, 2.05) is 31.2 Å². The van der Waals surface area contributed by atoms with Crippen molar-refractivity contribution in [2.24, 2.45) is 0 Å². The summed E-state index contributed by atoms with van der Waals surface area (Å²) >= 11 is 6.37. The van der Waals surface area contributed by atoms with Gasteiger partial charge < -0.3 is 14.8 Å². The second-order valence-corrected chi connectivity index (χ2v) is 6.29. The Morgan fingerprint density at radius 1 is 1.12 bits per heavy atom. The molecule has 26 heavy (non-hydrogen) atoms. The maximum Gasteiger partial charge on any atom is 0.255 e. The number of amides is 1. The SMILES string of the molecule is CCCCOc1c(Cl)cc(C(=O)Nc2ccccc2CC)cc1OCC. The Bertz CT molecular complexity index is 746. The molecule has 2 aromatic carbocycles. The third-order valence-electron chi connectivity index (χ3n) is 3.96. The molecule has 0 heterocycles. The molecule has 2 aromatic rings. The molecule has 0 aliphatic heterocycles. The van der Waals surface area contributed by atoms with Crippen LogP contribution in [0.2, 0.25) is 5.02 Å². The van der Waals surface area contributed by atoms with Gasteiger partial charge in [-0.2, -0.15) is 0 Å². The van der Waals surface area contributed by atoms with E-state index in [-0.39, 0.29) is 5.91 Å². The molecule has 5 heteroatoms. The number of hydrogen-bond acceptors (Lipinski definition) is 3. The Labute approximate surface area is 160 Å². The minimum Gasteiger partial charge on any atom is -0.490 e. The number of para-hydroxylation sites is 1. The predicted octanol–water partition coefficient (Wildman–Crippen LogP) is 5.73. The van der Waals surface area contributed by atoms with Crippen molar-refractivity contribution in [1.29, 1.82) is 0 Å². The maximum atomic E-state index is 12.7. The monoisotopic (exact) mass is 375 g/mol. The van der Waals surface area contributed by atoms with Crippen LogP contribution in [0.4, 0.5) is 5.69 Å². The van der Waals surface area contributed by atoms with Gasteiger partial charge in [-0.25, -0.2) is 0 Å². The van der Waals surface area contributed by atoms with Crippen LogP contribution in [0.5, 0.6) is 11.5 Å². The first-order valence-electron chi connectivity index (χ1n) is 9.09. The molecule has 2 rings (SSSR count). The number of aryl methyl sites for hydroxylation is 1. The summed E-state index contributed by atoms with van der Waals surface area (Å²) in [5.41, 5.74) is 2.32. The van der Waals surface area contributed by atoms with E-state index in [1.54, 1.807) is 12.1 Å². The molecule has 0 fully saturated rings. The molecule has 0 spiro atoms. The van der Waals surface area contributed by atoms with Gasteiger partial charge in [0.05, 0.1) is 18.2 Å². The summed E-state index contributed by atoms with van der Waals surface area (Å²) in [5, 5.41) is 3.33. The van der Waals surface area contributed by atoms with E-state index in [0.29, 0.717) is 35.3 Å². The molecule has 0 aliphatic rings. The third kappa shape index (κ3) is 5.15. The van der Waals surface area contributed by atoms with E-state index in [0.717, 1.165) is 30.5 Å². The minimum absolute atomic E-state index is 0.228. The van der Waals surface area contributed by atoms with Gasteiger partial charge in [0.15, 0.2) is 11.5 Å². The molecule has 0 radical (unpaired) electrons. The number of anilines is 1. The number of hydrogen-bond donors (Lipinski definition) is 1. The van der Waals surface area contributed by atoms with Crippen molar-refractivity contribution < 1.29 is 14.3 Å². The largest absolute Gasteiger partial charge is 0.490 e. The van der Waals surface area contributed by atoms with Crippen LogP contribution >= 0.6 is 11.6 Å². The van der Waals surface area contributed by atoms with Gasteiger partial charge in [0.25, 0.3) is 5.91 Å². The predicted molar refractivity (Wildman–Crippen MR) is 107 cm³/mol. The lowest BCUT2D eigenvalue weighted by molar-refractivity contribution is 0.102. The summed E-state index contributed by atoms with van der Waals surface area (Å²) in [4.78, 5) is 12.7. The average molecular weight is 376 g/mol. The van der Waals surface area contributed by atoms with Crippen molar-refractivity contribution in [3.05, 3.63) is 52.5 Å². The van der Waals surface area contributed by atoms with Gasteiger partial charge in [-0.1, -0.05) is 50.1 Å². The van der Waals surface area contributed by atoms with E-state index in [1.165, 1.54) is 0 Å². The Morgan fingerprint density at radius 2 is 1.88 bits per heavy atom.